The van der Waals surface area contributed by atoms with Crippen molar-refractivity contribution < 1.29 is 31.4 Å². The summed E-state index contributed by atoms with van der Waals surface area (Å²) in [4.78, 5) is 0.353. The zero-order valence-electron chi connectivity index (χ0n) is 21.4. The summed E-state index contributed by atoms with van der Waals surface area (Å²) in [5.41, 5.74) is 6.11. The molecule has 210 valence electrons. The Labute approximate surface area is 224 Å². The molecule has 0 saturated carbocycles. The van der Waals surface area contributed by atoms with E-state index in [9.17, 15) is 21.9 Å². The monoisotopic (exact) mass is 568 g/mol. The lowest BCUT2D eigenvalue weighted by Crippen LogP contribution is -2.47. The van der Waals surface area contributed by atoms with Gasteiger partial charge >= 0.3 is 0 Å². The second-order valence-electron chi connectivity index (χ2n) is 9.70. The zero-order valence-corrected chi connectivity index (χ0v) is 23.0. The molecule has 0 amide bonds. The van der Waals surface area contributed by atoms with Crippen LogP contribution in [0, 0.1) is 0 Å². The van der Waals surface area contributed by atoms with Gasteiger partial charge in [-0.3, -0.25) is 0 Å². The first-order valence-corrected chi connectivity index (χ1v) is 15.5. The van der Waals surface area contributed by atoms with Gasteiger partial charge in [0.1, 0.15) is 18.5 Å². The molecule has 2 aromatic rings. The fourth-order valence-corrected chi connectivity index (χ4v) is 7.01. The standard InChI is InChI=1S/C25H36N4O7S2/c1-27-37(31,32)24-4-2-3-22(13-24)35-18-21(30)16-28-20-14-25(36-17-20)9-11-29(12-10-25)38(33,34)23-7-5-19(15-26)6-8-23/h2-8,13,20-21,27-28,30H,9-12,14-18,26H2,1H3/t20?,21-/m0/s1. The van der Waals surface area contributed by atoms with E-state index in [1.807, 2.05) is 0 Å². The summed E-state index contributed by atoms with van der Waals surface area (Å²) >= 11 is 0. The number of rotatable bonds is 11. The number of benzene rings is 2. The summed E-state index contributed by atoms with van der Waals surface area (Å²) in [5.74, 6) is 0.348. The van der Waals surface area contributed by atoms with Crippen LogP contribution in [0.1, 0.15) is 24.8 Å². The maximum atomic E-state index is 13.0. The number of hydrogen-bond acceptors (Lipinski definition) is 9. The third-order valence-corrected chi connectivity index (χ3v) is 10.4. The van der Waals surface area contributed by atoms with Crippen molar-refractivity contribution >= 4 is 20.0 Å². The van der Waals surface area contributed by atoms with Crippen molar-refractivity contribution in [1.82, 2.24) is 14.3 Å². The van der Waals surface area contributed by atoms with Gasteiger partial charge in [0.05, 0.1) is 22.0 Å². The minimum atomic E-state index is -3.58. The number of sulfonamides is 2. The number of nitrogens with one attached hydrogen (secondary N) is 2. The highest BCUT2D eigenvalue weighted by atomic mass is 32.2. The maximum Gasteiger partial charge on any atom is 0.243 e. The lowest BCUT2D eigenvalue weighted by Gasteiger charge is -2.38. The Balaban J connectivity index is 1.22. The number of aliphatic hydroxyl groups is 1. The van der Waals surface area contributed by atoms with Crippen molar-refractivity contribution in [3.05, 3.63) is 54.1 Å². The first-order valence-electron chi connectivity index (χ1n) is 12.6. The average Bonchev–Trinajstić information content (AvgIpc) is 3.33. The molecule has 11 nitrogen and oxygen atoms in total. The Hall–Kier alpha value is -2.10. The van der Waals surface area contributed by atoms with E-state index >= 15 is 0 Å². The van der Waals surface area contributed by atoms with Gasteiger partial charge in [-0.1, -0.05) is 18.2 Å². The Morgan fingerprint density at radius 1 is 1.13 bits per heavy atom. The van der Waals surface area contributed by atoms with Crippen LogP contribution in [-0.4, -0.2) is 83.9 Å². The van der Waals surface area contributed by atoms with Crippen LogP contribution < -0.4 is 20.5 Å². The van der Waals surface area contributed by atoms with Crippen LogP contribution in [0.25, 0.3) is 0 Å². The van der Waals surface area contributed by atoms with Gasteiger partial charge in [0, 0.05) is 38.3 Å². The molecule has 2 fully saturated rings. The van der Waals surface area contributed by atoms with Crippen LogP contribution in [0.15, 0.2) is 58.3 Å². The summed E-state index contributed by atoms with van der Waals surface area (Å²) in [5, 5.41) is 13.7. The largest absolute Gasteiger partial charge is 0.491 e. The number of nitrogens with two attached hydrogens (primary N) is 1. The summed E-state index contributed by atoms with van der Waals surface area (Å²) in [6.07, 6.45) is 1.11. The number of hydrogen-bond donors (Lipinski definition) is 4. The van der Waals surface area contributed by atoms with Crippen LogP contribution in [0.3, 0.4) is 0 Å². The van der Waals surface area contributed by atoms with Crippen LogP contribution in [0.4, 0.5) is 0 Å². The molecule has 2 aliphatic heterocycles. The van der Waals surface area contributed by atoms with Crippen molar-refractivity contribution in [3.8, 4) is 5.75 Å². The second-order valence-corrected chi connectivity index (χ2v) is 13.5. The fourth-order valence-electron chi connectivity index (χ4n) is 4.81. The third-order valence-electron chi connectivity index (χ3n) is 7.11. The Morgan fingerprint density at radius 2 is 1.84 bits per heavy atom. The first-order chi connectivity index (χ1) is 18.1. The van der Waals surface area contributed by atoms with Gasteiger partial charge < -0.3 is 25.6 Å². The summed E-state index contributed by atoms with van der Waals surface area (Å²) < 4.78 is 65.5. The fraction of sp³-hybridized carbons (Fsp3) is 0.520. The summed E-state index contributed by atoms with van der Waals surface area (Å²) in [6, 6.07) is 12.8. The first kappa shape index (κ1) is 28.9. The smallest absolute Gasteiger partial charge is 0.243 e. The van der Waals surface area contributed by atoms with Crippen molar-refractivity contribution in [3.63, 3.8) is 0 Å². The van der Waals surface area contributed by atoms with E-state index in [2.05, 4.69) is 10.0 Å². The normalized spacial score (nSPS) is 21.0. The maximum absolute atomic E-state index is 13.0. The molecule has 1 spiro atoms. The number of piperidine rings is 1. The highest BCUT2D eigenvalue weighted by Crippen LogP contribution is 2.37. The molecular weight excluding hydrogens is 532 g/mol. The van der Waals surface area contributed by atoms with E-state index in [0.29, 0.717) is 44.8 Å². The molecule has 1 unspecified atom stereocenters. The molecular formula is C25H36N4O7S2. The van der Waals surface area contributed by atoms with Crippen LogP contribution >= 0.6 is 0 Å². The average molecular weight is 569 g/mol. The Morgan fingerprint density at radius 3 is 2.50 bits per heavy atom. The predicted molar refractivity (Wildman–Crippen MR) is 142 cm³/mol. The highest BCUT2D eigenvalue weighted by molar-refractivity contribution is 7.89. The molecule has 38 heavy (non-hydrogen) atoms. The minimum absolute atomic E-state index is 0.00610. The van der Waals surface area contributed by atoms with E-state index in [4.69, 9.17) is 15.2 Å². The molecule has 0 bridgehead atoms. The third kappa shape index (κ3) is 6.72. The van der Waals surface area contributed by atoms with Gasteiger partial charge in [0.2, 0.25) is 20.0 Å². The molecule has 13 heteroatoms. The van der Waals surface area contributed by atoms with Crippen molar-refractivity contribution in [1.29, 1.82) is 0 Å². The predicted octanol–water partition coefficient (Wildman–Crippen LogP) is 0.395. The van der Waals surface area contributed by atoms with E-state index in [-0.39, 0.29) is 34.6 Å². The highest BCUT2D eigenvalue weighted by Gasteiger charge is 2.44. The topological polar surface area (TPSA) is 160 Å². The Kier molecular flexibility index (Phi) is 9.10. The van der Waals surface area contributed by atoms with Crippen LogP contribution in [-0.2, 0) is 31.3 Å². The molecule has 0 radical (unpaired) electrons. The van der Waals surface area contributed by atoms with Gasteiger partial charge in [-0.25, -0.2) is 21.6 Å². The molecule has 2 aliphatic rings. The molecule has 0 aromatic heterocycles. The summed E-state index contributed by atoms with van der Waals surface area (Å²) in [6.45, 7) is 1.87. The van der Waals surface area contributed by atoms with E-state index in [1.165, 1.54) is 23.5 Å². The van der Waals surface area contributed by atoms with Gasteiger partial charge in [0.15, 0.2) is 0 Å². The van der Waals surface area contributed by atoms with Crippen LogP contribution in [0.2, 0.25) is 0 Å². The molecule has 2 saturated heterocycles. The Bertz CT molecular complexity index is 1300. The van der Waals surface area contributed by atoms with Gasteiger partial charge in [-0.15, -0.1) is 0 Å². The zero-order chi connectivity index (χ0) is 27.4. The second kappa shape index (κ2) is 12.0. The van der Waals surface area contributed by atoms with Crippen molar-refractivity contribution in [2.45, 2.75) is 53.3 Å². The molecule has 2 aromatic carbocycles. The lowest BCUT2D eigenvalue weighted by atomic mass is 9.88. The lowest BCUT2D eigenvalue weighted by molar-refractivity contribution is -0.0312. The number of nitrogens with zero attached hydrogens (tertiary/aromatic N) is 1. The van der Waals surface area contributed by atoms with Gasteiger partial charge in [-0.05, 0) is 56.1 Å². The van der Waals surface area contributed by atoms with Gasteiger partial charge in [0.25, 0.3) is 0 Å². The summed E-state index contributed by atoms with van der Waals surface area (Å²) in [7, 11) is -5.82. The number of ether oxygens (including phenoxy) is 2. The molecule has 5 N–H and O–H groups in total. The van der Waals surface area contributed by atoms with Gasteiger partial charge in [-0.2, -0.15) is 4.31 Å². The molecule has 4 rings (SSSR count). The van der Waals surface area contributed by atoms with Crippen molar-refractivity contribution in [2.75, 3.05) is 39.9 Å². The van der Waals surface area contributed by atoms with E-state index in [1.54, 1.807) is 36.4 Å². The van der Waals surface area contributed by atoms with Crippen molar-refractivity contribution in [2.24, 2.45) is 5.73 Å². The quantitative estimate of drug-likeness (QED) is 0.301. The molecule has 2 heterocycles. The minimum Gasteiger partial charge on any atom is -0.491 e. The van der Waals surface area contributed by atoms with E-state index in [0.717, 1.165) is 12.0 Å². The SMILES string of the molecule is CNS(=O)(=O)c1cccc(OC[C@@H](O)CNC2COC3(CCN(S(=O)(=O)c4ccc(CN)cc4)CC3)C2)c1. The molecule has 0 aliphatic carbocycles. The molecule has 2 atom stereocenters. The number of aliphatic hydroxyl groups excluding tert-OH is 1. The van der Waals surface area contributed by atoms with Crippen LogP contribution in [0.5, 0.6) is 5.75 Å². The van der Waals surface area contributed by atoms with E-state index < -0.39 is 26.2 Å².